The van der Waals surface area contributed by atoms with Crippen LogP contribution >= 0.6 is 11.6 Å². The molecule has 2 aromatic carbocycles. The van der Waals surface area contributed by atoms with Gasteiger partial charge in [-0.25, -0.2) is 0 Å². The van der Waals surface area contributed by atoms with Crippen molar-refractivity contribution in [3.63, 3.8) is 0 Å². The van der Waals surface area contributed by atoms with E-state index in [1.54, 1.807) is 12.1 Å². The molecule has 6 heteroatoms. The van der Waals surface area contributed by atoms with Gasteiger partial charge < -0.3 is 19.1 Å². The van der Waals surface area contributed by atoms with Crippen molar-refractivity contribution < 1.29 is 19.0 Å². The van der Waals surface area contributed by atoms with Crippen LogP contribution in [0.4, 0.5) is 0 Å². The fourth-order valence-corrected chi connectivity index (χ4v) is 3.73. The molecular weight excluding hydrogens is 366 g/mol. The zero-order valence-electron chi connectivity index (χ0n) is 15.2. The maximum atomic E-state index is 12.8. The van der Waals surface area contributed by atoms with E-state index in [0.717, 1.165) is 42.0 Å². The van der Waals surface area contributed by atoms with Gasteiger partial charge in [0.25, 0.3) is 5.91 Å². The van der Waals surface area contributed by atoms with Crippen molar-refractivity contribution in [2.45, 2.75) is 25.8 Å². The summed E-state index contributed by atoms with van der Waals surface area (Å²) in [5.41, 5.74) is 2.00. The lowest BCUT2D eigenvalue weighted by Crippen LogP contribution is -2.34. The van der Waals surface area contributed by atoms with Crippen LogP contribution in [-0.4, -0.2) is 37.2 Å². The zero-order valence-corrected chi connectivity index (χ0v) is 16.0. The topological polar surface area (TPSA) is 48.0 Å². The minimum absolute atomic E-state index is 0.0139. The number of amides is 1. The van der Waals surface area contributed by atoms with Gasteiger partial charge in [0, 0.05) is 11.6 Å². The number of rotatable bonds is 4. The number of carbonyl (C=O) groups excluding carboxylic acids is 1. The van der Waals surface area contributed by atoms with Crippen molar-refractivity contribution in [3.05, 3.63) is 52.5 Å². The first-order valence-corrected chi connectivity index (χ1v) is 9.57. The van der Waals surface area contributed by atoms with E-state index < -0.39 is 0 Å². The summed E-state index contributed by atoms with van der Waals surface area (Å²) in [7, 11) is 0. The van der Waals surface area contributed by atoms with Crippen LogP contribution in [0.5, 0.6) is 17.2 Å². The van der Waals surface area contributed by atoms with E-state index in [0.29, 0.717) is 24.0 Å². The summed E-state index contributed by atoms with van der Waals surface area (Å²) in [6, 6.07) is 11.4. The molecule has 2 aliphatic rings. The highest BCUT2D eigenvalue weighted by Crippen LogP contribution is 2.38. The van der Waals surface area contributed by atoms with Gasteiger partial charge in [-0.2, -0.15) is 0 Å². The van der Waals surface area contributed by atoms with Crippen molar-refractivity contribution >= 4 is 17.5 Å². The first-order valence-electron chi connectivity index (χ1n) is 9.20. The summed E-state index contributed by atoms with van der Waals surface area (Å²) in [6.45, 7) is 3.79. The van der Waals surface area contributed by atoms with Crippen LogP contribution in [-0.2, 0) is 4.79 Å². The van der Waals surface area contributed by atoms with E-state index in [2.05, 4.69) is 0 Å². The average molecular weight is 388 g/mol. The summed E-state index contributed by atoms with van der Waals surface area (Å²) in [4.78, 5) is 14.7. The van der Waals surface area contributed by atoms with Gasteiger partial charge in [-0.3, -0.25) is 4.79 Å². The van der Waals surface area contributed by atoms with Gasteiger partial charge in [0.1, 0.15) is 19.0 Å². The molecule has 2 heterocycles. The third-order valence-electron chi connectivity index (χ3n) is 5.02. The summed E-state index contributed by atoms with van der Waals surface area (Å²) in [5, 5.41) is 0.687. The van der Waals surface area contributed by atoms with Crippen molar-refractivity contribution in [2.24, 2.45) is 0 Å². The van der Waals surface area contributed by atoms with Gasteiger partial charge in [0.2, 0.25) is 0 Å². The van der Waals surface area contributed by atoms with E-state index >= 15 is 0 Å². The fourth-order valence-electron chi connectivity index (χ4n) is 3.61. The molecule has 0 N–H and O–H groups in total. The second kappa shape index (κ2) is 7.69. The number of hydrogen-bond acceptors (Lipinski definition) is 4. The molecule has 1 unspecified atom stereocenters. The highest BCUT2D eigenvalue weighted by atomic mass is 35.5. The molecule has 0 spiro atoms. The van der Waals surface area contributed by atoms with Crippen LogP contribution in [0.15, 0.2) is 36.4 Å². The van der Waals surface area contributed by atoms with Gasteiger partial charge >= 0.3 is 0 Å². The van der Waals surface area contributed by atoms with Gasteiger partial charge in [-0.05, 0) is 61.2 Å². The number of benzene rings is 2. The Morgan fingerprint density at radius 1 is 1.19 bits per heavy atom. The number of halogens is 1. The van der Waals surface area contributed by atoms with Gasteiger partial charge in [0.05, 0.1) is 6.04 Å². The molecule has 0 aliphatic carbocycles. The Labute approximate surface area is 163 Å². The van der Waals surface area contributed by atoms with E-state index in [1.807, 2.05) is 36.1 Å². The third kappa shape index (κ3) is 3.83. The Kier molecular flexibility index (Phi) is 5.12. The highest BCUT2D eigenvalue weighted by Gasteiger charge is 2.31. The monoisotopic (exact) mass is 387 g/mol. The number of ether oxygens (including phenoxy) is 3. The van der Waals surface area contributed by atoms with Crippen molar-refractivity contribution in [1.29, 1.82) is 0 Å². The Balaban J connectivity index is 1.44. The lowest BCUT2D eigenvalue weighted by molar-refractivity contribution is -0.134. The predicted octanol–water partition coefficient (Wildman–Crippen LogP) is 4.16. The Morgan fingerprint density at radius 2 is 2.00 bits per heavy atom. The van der Waals surface area contributed by atoms with Crippen LogP contribution in [0.1, 0.15) is 30.0 Å². The molecule has 27 heavy (non-hydrogen) atoms. The highest BCUT2D eigenvalue weighted by molar-refractivity contribution is 6.31. The molecule has 1 atom stereocenters. The summed E-state index contributed by atoms with van der Waals surface area (Å²) in [6.07, 6.45) is 1.91. The second-order valence-corrected chi connectivity index (χ2v) is 7.26. The molecule has 2 aliphatic heterocycles. The smallest absolute Gasteiger partial charge is 0.261 e. The quantitative estimate of drug-likeness (QED) is 0.790. The number of likely N-dealkylation sites (tertiary alicyclic amines) is 1. The molecule has 1 fully saturated rings. The second-order valence-electron chi connectivity index (χ2n) is 6.85. The standard InChI is InChI=1S/C21H22ClNO4/c1-14-11-16(5-6-17(14)22)27-13-21(24)23-8-2-3-18(23)15-4-7-19-20(12-15)26-10-9-25-19/h4-7,11-12,18H,2-3,8-10,13H2,1H3. The first-order chi connectivity index (χ1) is 13.1. The Hall–Kier alpha value is -2.40. The molecule has 0 saturated carbocycles. The minimum atomic E-state index is -0.0139. The Bertz CT molecular complexity index is 854. The molecule has 1 saturated heterocycles. The van der Waals surface area contributed by atoms with E-state index in [4.69, 9.17) is 25.8 Å². The maximum absolute atomic E-state index is 12.8. The lowest BCUT2D eigenvalue weighted by atomic mass is 10.0. The SMILES string of the molecule is Cc1cc(OCC(=O)N2CCCC2c2ccc3c(c2)OCCO3)ccc1Cl. The third-order valence-corrected chi connectivity index (χ3v) is 5.44. The largest absolute Gasteiger partial charge is 0.486 e. The number of carbonyl (C=O) groups is 1. The summed E-state index contributed by atoms with van der Waals surface area (Å²) >= 11 is 6.03. The average Bonchev–Trinajstić information content (AvgIpc) is 3.18. The lowest BCUT2D eigenvalue weighted by Gasteiger charge is -2.26. The molecule has 0 bridgehead atoms. The molecule has 0 radical (unpaired) electrons. The fraction of sp³-hybridized carbons (Fsp3) is 0.381. The molecule has 1 amide bonds. The van der Waals surface area contributed by atoms with Gasteiger partial charge in [-0.15, -0.1) is 0 Å². The minimum Gasteiger partial charge on any atom is -0.486 e. The van der Waals surface area contributed by atoms with Crippen LogP contribution < -0.4 is 14.2 Å². The normalized spacial score (nSPS) is 18.4. The molecule has 2 aromatic rings. The van der Waals surface area contributed by atoms with E-state index in [9.17, 15) is 4.79 Å². The van der Waals surface area contributed by atoms with E-state index in [-0.39, 0.29) is 18.6 Å². The van der Waals surface area contributed by atoms with Crippen LogP contribution in [0.25, 0.3) is 0 Å². The van der Waals surface area contributed by atoms with Crippen molar-refractivity contribution in [2.75, 3.05) is 26.4 Å². The van der Waals surface area contributed by atoms with E-state index in [1.165, 1.54) is 0 Å². The molecular formula is C21H22ClNO4. The van der Waals surface area contributed by atoms with Crippen molar-refractivity contribution in [3.8, 4) is 17.2 Å². The molecule has 5 nitrogen and oxygen atoms in total. The zero-order chi connectivity index (χ0) is 18.8. The molecule has 0 aromatic heterocycles. The maximum Gasteiger partial charge on any atom is 0.261 e. The predicted molar refractivity (Wildman–Crippen MR) is 103 cm³/mol. The summed E-state index contributed by atoms with van der Waals surface area (Å²) in [5.74, 6) is 2.16. The van der Waals surface area contributed by atoms with Gasteiger partial charge in [0.15, 0.2) is 18.1 Å². The molecule has 142 valence electrons. The van der Waals surface area contributed by atoms with Crippen LogP contribution in [0, 0.1) is 6.92 Å². The number of aryl methyl sites for hydroxylation is 1. The van der Waals surface area contributed by atoms with Gasteiger partial charge in [-0.1, -0.05) is 17.7 Å². The molecule has 4 rings (SSSR count). The first kappa shape index (κ1) is 18.0. The number of hydrogen-bond donors (Lipinski definition) is 0. The van der Waals surface area contributed by atoms with Crippen molar-refractivity contribution in [1.82, 2.24) is 4.90 Å². The van der Waals surface area contributed by atoms with Crippen LogP contribution in [0.3, 0.4) is 0 Å². The number of nitrogens with zero attached hydrogens (tertiary/aromatic N) is 1. The number of fused-ring (bicyclic) bond motifs is 1. The van der Waals surface area contributed by atoms with Crippen LogP contribution in [0.2, 0.25) is 5.02 Å². The Morgan fingerprint density at radius 3 is 2.81 bits per heavy atom. The summed E-state index contributed by atoms with van der Waals surface area (Å²) < 4.78 is 17.0.